The number of nitrogens with one attached hydrogen (secondary N) is 1. The quantitative estimate of drug-likeness (QED) is 0.460. The van der Waals surface area contributed by atoms with E-state index in [1.54, 1.807) is 11.8 Å². The van der Waals surface area contributed by atoms with Crippen molar-refractivity contribution < 1.29 is 9.90 Å². The molecule has 1 aliphatic rings. The maximum Gasteiger partial charge on any atom is 0.320 e. The smallest absolute Gasteiger partial charge is 0.320 e. The highest BCUT2D eigenvalue weighted by Gasteiger charge is 2.19. The van der Waals surface area contributed by atoms with Gasteiger partial charge in [0.15, 0.2) is 0 Å². The van der Waals surface area contributed by atoms with Crippen LogP contribution in [0, 0.1) is 0 Å². The van der Waals surface area contributed by atoms with Gasteiger partial charge in [-0.15, -0.1) is 0 Å². The normalized spacial score (nSPS) is 21.4. The molecule has 0 aromatic rings. The zero-order chi connectivity index (χ0) is 12.1. The van der Waals surface area contributed by atoms with Gasteiger partial charge in [0.2, 0.25) is 0 Å². The number of hydrogen-bond acceptors (Lipinski definition) is 6. The Kier molecular flexibility index (Phi) is 4.63. The number of nitrogens with zero attached hydrogens (tertiary/aromatic N) is 1. The Morgan fingerprint density at radius 3 is 2.94 bits per heavy atom. The Morgan fingerprint density at radius 2 is 2.44 bits per heavy atom. The van der Waals surface area contributed by atoms with E-state index in [9.17, 15) is 4.79 Å². The molecule has 0 aromatic heterocycles. The zero-order valence-electron chi connectivity index (χ0n) is 8.85. The third kappa shape index (κ3) is 3.74. The molecule has 0 bridgehead atoms. The minimum Gasteiger partial charge on any atom is -0.480 e. The van der Waals surface area contributed by atoms with Crippen LogP contribution < -0.4 is 16.8 Å². The van der Waals surface area contributed by atoms with E-state index in [-0.39, 0.29) is 6.04 Å². The van der Waals surface area contributed by atoms with Gasteiger partial charge in [-0.05, 0) is 12.2 Å². The number of rotatable bonds is 6. The summed E-state index contributed by atoms with van der Waals surface area (Å²) in [6.45, 7) is 3.65. The maximum atomic E-state index is 10.4. The molecule has 0 aliphatic carbocycles. The van der Waals surface area contributed by atoms with E-state index in [0.717, 1.165) is 5.75 Å². The number of amidine groups is 1. The molecule has 0 fully saturated rings. The first kappa shape index (κ1) is 12.9. The lowest BCUT2D eigenvalue weighted by Crippen LogP contribution is -2.37. The van der Waals surface area contributed by atoms with Gasteiger partial charge in [0, 0.05) is 5.75 Å². The number of carboxylic acids is 1. The molecule has 1 rings (SSSR count). The summed E-state index contributed by atoms with van der Waals surface area (Å²) in [5.74, 6) is 1.56. The van der Waals surface area contributed by atoms with Crippen molar-refractivity contribution in [3.8, 4) is 0 Å². The Morgan fingerprint density at radius 1 is 1.75 bits per heavy atom. The minimum absolute atomic E-state index is 0.00134. The maximum absolute atomic E-state index is 10.4. The van der Waals surface area contributed by atoms with Crippen LogP contribution in [0.4, 0.5) is 0 Å². The topological polar surface area (TPSA) is 114 Å². The molecule has 7 heteroatoms. The van der Waals surface area contributed by atoms with Crippen LogP contribution >= 0.6 is 11.8 Å². The van der Waals surface area contributed by atoms with Crippen LogP contribution in [0.5, 0.6) is 0 Å². The number of aliphatic carboxylic acids is 1. The Labute approximate surface area is 98.2 Å². The number of nitrogens with two attached hydrogens (primary N) is 2. The van der Waals surface area contributed by atoms with Crippen molar-refractivity contribution in [2.24, 2.45) is 16.5 Å². The molecule has 16 heavy (non-hydrogen) atoms. The summed E-state index contributed by atoms with van der Waals surface area (Å²) >= 11 is 1.59. The molecule has 0 saturated heterocycles. The largest absolute Gasteiger partial charge is 0.480 e. The summed E-state index contributed by atoms with van der Waals surface area (Å²) < 4.78 is 0. The lowest BCUT2D eigenvalue weighted by atomic mass is 10.2. The second-order valence-electron chi connectivity index (χ2n) is 3.49. The third-order valence-electron chi connectivity index (χ3n) is 2.14. The van der Waals surface area contributed by atoms with Gasteiger partial charge in [-0.1, -0.05) is 6.58 Å². The molecule has 0 radical (unpaired) electrons. The van der Waals surface area contributed by atoms with Crippen LogP contribution in [0.3, 0.4) is 0 Å². The van der Waals surface area contributed by atoms with Crippen LogP contribution in [0.2, 0.25) is 0 Å². The van der Waals surface area contributed by atoms with E-state index in [1.807, 2.05) is 0 Å². The van der Waals surface area contributed by atoms with Gasteiger partial charge in [-0.25, -0.2) is 4.99 Å². The van der Waals surface area contributed by atoms with Crippen molar-refractivity contribution in [2.75, 3.05) is 11.5 Å². The molecule has 1 aliphatic heterocycles. The molecular formula is C9H16N4O2S. The molecule has 0 amide bonds. The molecule has 0 spiro atoms. The fourth-order valence-electron chi connectivity index (χ4n) is 1.20. The van der Waals surface area contributed by atoms with Crippen molar-refractivity contribution in [3.63, 3.8) is 0 Å². The van der Waals surface area contributed by atoms with Crippen LogP contribution in [0.1, 0.15) is 6.42 Å². The molecule has 90 valence electrons. The summed E-state index contributed by atoms with van der Waals surface area (Å²) in [6.07, 6.45) is 0.449. The van der Waals surface area contributed by atoms with Crippen LogP contribution in [0.15, 0.2) is 17.4 Å². The van der Waals surface area contributed by atoms with Gasteiger partial charge in [-0.2, -0.15) is 11.8 Å². The number of carbonyl (C=O) groups is 1. The zero-order valence-corrected chi connectivity index (χ0v) is 9.67. The number of carboxylic acid groups (broad SMARTS) is 1. The van der Waals surface area contributed by atoms with Crippen LogP contribution in [0.25, 0.3) is 0 Å². The van der Waals surface area contributed by atoms with Crippen molar-refractivity contribution in [2.45, 2.75) is 18.5 Å². The van der Waals surface area contributed by atoms with Crippen molar-refractivity contribution in [1.29, 1.82) is 0 Å². The summed E-state index contributed by atoms with van der Waals surface area (Å²) in [5, 5.41) is 11.6. The summed E-state index contributed by atoms with van der Waals surface area (Å²) in [5.41, 5.74) is 11.0. The third-order valence-corrected chi connectivity index (χ3v) is 3.23. The summed E-state index contributed by atoms with van der Waals surface area (Å²) in [4.78, 5) is 14.4. The fourth-order valence-corrected chi connectivity index (χ4v) is 2.28. The molecule has 6 nitrogen and oxygen atoms in total. The summed E-state index contributed by atoms with van der Waals surface area (Å²) in [6, 6.07) is -0.788. The number of thioether (sulfide) groups is 1. The fraction of sp³-hybridized carbons (Fsp3) is 0.556. The highest BCUT2D eigenvalue weighted by Crippen LogP contribution is 2.11. The monoisotopic (exact) mass is 244 g/mol. The number of aliphatic imine (C=N–C) groups is 1. The first-order valence-corrected chi connectivity index (χ1v) is 6.02. The van der Waals surface area contributed by atoms with Gasteiger partial charge < -0.3 is 21.9 Å². The predicted octanol–water partition coefficient (Wildman–Crippen LogP) is -0.678. The van der Waals surface area contributed by atoms with Gasteiger partial charge in [-0.3, -0.25) is 4.79 Å². The molecule has 1 heterocycles. The van der Waals surface area contributed by atoms with Gasteiger partial charge in [0.25, 0.3) is 0 Å². The molecule has 2 unspecified atom stereocenters. The molecule has 6 N–H and O–H groups in total. The Bertz CT molecular complexity index is 319. The lowest BCUT2D eigenvalue weighted by molar-refractivity contribution is -0.138. The predicted molar refractivity (Wildman–Crippen MR) is 65.2 cm³/mol. The lowest BCUT2D eigenvalue weighted by Gasteiger charge is -2.11. The molecule has 0 aromatic carbocycles. The van der Waals surface area contributed by atoms with Crippen LogP contribution in [-0.2, 0) is 4.79 Å². The highest BCUT2D eigenvalue weighted by molar-refractivity contribution is 7.99. The van der Waals surface area contributed by atoms with Gasteiger partial charge in [0.05, 0.1) is 6.04 Å². The standard InChI is InChI=1S/C9H16N4O2S/c1-5-12-7(8(11)13-5)4-16-3-2-6(10)9(14)15/h6-7,12H,1-4,10H2,(H2,11,13)(H,14,15). The molecule has 0 saturated carbocycles. The van der Waals surface area contributed by atoms with E-state index < -0.39 is 12.0 Å². The van der Waals surface area contributed by atoms with E-state index >= 15 is 0 Å². The first-order chi connectivity index (χ1) is 7.50. The SMILES string of the molecule is C=C1N=C(N)C(CSCCC(N)C(=O)O)N1. The second kappa shape index (κ2) is 5.76. The highest BCUT2D eigenvalue weighted by atomic mass is 32.2. The average molecular weight is 244 g/mol. The average Bonchev–Trinajstić information content (AvgIpc) is 2.51. The van der Waals surface area contributed by atoms with E-state index in [1.165, 1.54) is 0 Å². The minimum atomic E-state index is -0.964. The van der Waals surface area contributed by atoms with Crippen molar-refractivity contribution >= 4 is 23.6 Å². The summed E-state index contributed by atoms with van der Waals surface area (Å²) in [7, 11) is 0. The first-order valence-electron chi connectivity index (χ1n) is 4.86. The molecular weight excluding hydrogens is 228 g/mol. The number of hydrogen-bond donors (Lipinski definition) is 4. The molecule has 2 atom stereocenters. The van der Waals surface area contributed by atoms with E-state index in [4.69, 9.17) is 16.6 Å². The van der Waals surface area contributed by atoms with E-state index in [0.29, 0.717) is 23.8 Å². The van der Waals surface area contributed by atoms with Crippen LogP contribution in [-0.4, -0.2) is 40.5 Å². The van der Waals surface area contributed by atoms with E-state index in [2.05, 4.69) is 16.9 Å². The van der Waals surface area contributed by atoms with Gasteiger partial charge >= 0.3 is 5.97 Å². The Balaban J connectivity index is 2.15. The second-order valence-corrected chi connectivity index (χ2v) is 4.64. The van der Waals surface area contributed by atoms with Crippen molar-refractivity contribution in [1.82, 2.24) is 5.32 Å². The Hall–Kier alpha value is -1.21. The van der Waals surface area contributed by atoms with Gasteiger partial charge in [0.1, 0.15) is 17.7 Å². The van der Waals surface area contributed by atoms with Crippen molar-refractivity contribution in [3.05, 3.63) is 12.4 Å².